The quantitative estimate of drug-likeness (QED) is 0.647. The number of nitrogens with zero attached hydrogens (tertiary/aromatic N) is 2. The van der Waals surface area contributed by atoms with Crippen molar-refractivity contribution in [2.75, 3.05) is 24.3 Å². The molecule has 0 amide bonds. The number of nitrogens with one attached hydrogen (secondary N) is 1. The highest BCUT2D eigenvalue weighted by Gasteiger charge is 2.16. The molecule has 7 nitrogen and oxygen atoms in total. The molecule has 0 spiro atoms. The van der Waals surface area contributed by atoms with Gasteiger partial charge in [0.25, 0.3) is 0 Å². The van der Waals surface area contributed by atoms with Gasteiger partial charge in [-0.25, -0.2) is 9.59 Å². The summed E-state index contributed by atoms with van der Waals surface area (Å²) in [5.74, 6) is -2.17. The van der Waals surface area contributed by atoms with E-state index >= 15 is 0 Å². The molecule has 132 valence electrons. The van der Waals surface area contributed by atoms with Gasteiger partial charge >= 0.3 is 11.9 Å². The summed E-state index contributed by atoms with van der Waals surface area (Å²) in [6, 6.07) is 11.8. The van der Waals surface area contributed by atoms with Crippen LogP contribution < -0.4 is 10.2 Å². The standard InChI is InChI=1S/C19H17N3O4/c1-22(2)13-6-7-16-14(9-13)17(15(10-20-16)19(25)26)21-12-5-3-4-11(8-12)18(23)24/h3-10H,1-2H3,(H,20,21)(H,23,24)(H,25,26). The first-order valence-corrected chi connectivity index (χ1v) is 7.80. The van der Waals surface area contributed by atoms with Crippen LogP contribution in [0.1, 0.15) is 20.7 Å². The number of pyridine rings is 1. The van der Waals surface area contributed by atoms with Gasteiger partial charge in [-0.05, 0) is 36.4 Å². The van der Waals surface area contributed by atoms with E-state index in [0.717, 1.165) is 5.69 Å². The van der Waals surface area contributed by atoms with Crippen LogP contribution in [0.25, 0.3) is 10.9 Å². The first-order valence-electron chi connectivity index (χ1n) is 7.80. The van der Waals surface area contributed by atoms with E-state index in [2.05, 4.69) is 10.3 Å². The van der Waals surface area contributed by atoms with Gasteiger partial charge in [0.1, 0.15) is 5.56 Å². The van der Waals surface area contributed by atoms with E-state index in [4.69, 9.17) is 5.11 Å². The lowest BCUT2D eigenvalue weighted by Gasteiger charge is -2.16. The van der Waals surface area contributed by atoms with Crippen LogP contribution in [0.3, 0.4) is 0 Å². The summed E-state index contributed by atoms with van der Waals surface area (Å²) in [4.78, 5) is 29.0. The maximum atomic E-state index is 11.7. The molecule has 26 heavy (non-hydrogen) atoms. The molecule has 0 saturated heterocycles. The summed E-state index contributed by atoms with van der Waals surface area (Å²) < 4.78 is 0. The summed E-state index contributed by atoms with van der Waals surface area (Å²) in [5.41, 5.74) is 2.50. The van der Waals surface area contributed by atoms with E-state index in [-0.39, 0.29) is 11.1 Å². The van der Waals surface area contributed by atoms with Gasteiger partial charge in [-0.3, -0.25) is 4.98 Å². The van der Waals surface area contributed by atoms with Gasteiger partial charge in [0, 0.05) is 37.1 Å². The number of hydrogen-bond acceptors (Lipinski definition) is 5. The number of benzene rings is 2. The van der Waals surface area contributed by atoms with Crippen LogP contribution in [-0.4, -0.2) is 41.2 Å². The average Bonchev–Trinajstić information content (AvgIpc) is 2.61. The molecule has 0 atom stereocenters. The topological polar surface area (TPSA) is 103 Å². The van der Waals surface area contributed by atoms with Crippen LogP contribution >= 0.6 is 0 Å². The second kappa shape index (κ2) is 6.72. The Labute approximate surface area is 149 Å². The number of rotatable bonds is 5. The number of carboxylic acid groups (broad SMARTS) is 2. The lowest BCUT2D eigenvalue weighted by molar-refractivity contribution is 0.0686. The molecule has 0 aliphatic rings. The molecule has 7 heteroatoms. The van der Waals surface area contributed by atoms with Crippen molar-refractivity contribution in [2.24, 2.45) is 0 Å². The lowest BCUT2D eigenvalue weighted by atomic mass is 10.1. The molecule has 1 aromatic heterocycles. The molecule has 3 N–H and O–H groups in total. The van der Waals surface area contributed by atoms with Gasteiger partial charge in [-0.1, -0.05) is 6.07 Å². The van der Waals surface area contributed by atoms with E-state index in [1.54, 1.807) is 12.1 Å². The average molecular weight is 351 g/mol. The molecule has 0 bridgehead atoms. The van der Waals surface area contributed by atoms with Crippen LogP contribution in [0.4, 0.5) is 17.1 Å². The SMILES string of the molecule is CN(C)c1ccc2ncc(C(=O)O)c(Nc3cccc(C(=O)O)c3)c2c1. The van der Waals surface area contributed by atoms with Gasteiger partial charge in [0.15, 0.2) is 0 Å². The Morgan fingerprint density at radius 2 is 1.81 bits per heavy atom. The molecule has 0 saturated carbocycles. The second-order valence-corrected chi connectivity index (χ2v) is 5.96. The third kappa shape index (κ3) is 3.27. The van der Waals surface area contributed by atoms with Crippen molar-refractivity contribution < 1.29 is 19.8 Å². The molecule has 0 unspecified atom stereocenters. The van der Waals surface area contributed by atoms with E-state index < -0.39 is 11.9 Å². The van der Waals surface area contributed by atoms with Crippen LogP contribution in [-0.2, 0) is 0 Å². The Kier molecular flexibility index (Phi) is 4.45. The third-order valence-electron chi connectivity index (χ3n) is 3.98. The smallest absolute Gasteiger partial charge is 0.339 e. The maximum absolute atomic E-state index is 11.7. The Morgan fingerprint density at radius 1 is 1.04 bits per heavy atom. The van der Waals surface area contributed by atoms with Crippen molar-refractivity contribution in [3.63, 3.8) is 0 Å². The minimum atomic E-state index is -1.12. The number of anilines is 3. The minimum Gasteiger partial charge on any atom is -0.478 e. The zero-order valence-electron chi connectivity index (χ0n) is 14.2. The summed E-state index contributed by atoms with van der Waals surface area (Å²) in [6.07, 6.45) is 1.30. The predicted molar refractivity (Wildman–Crippen MR) is 99.7 cm³/mol. The lowest BCUT2D eigenvalue weighted by Crippen LogP contribution is -2.09. The highest BCUT2D eigenvalue weighted by molar-refractivity contribution is 6.06. The fraction of sp³-hybridized carbons (Fsp3) is 0.105. The highest BCUT2D eigenvalue weighted by Crippen LogP contribution is 2.32. The molecule has 0 aliphatic carbocycles. The van der Waals surface area contributed by atoms with Crippen LogP contribution in [0.15, 0.2) is 48.7 Å². The third-order valence-corrected chi connectivity index (χ3v) is 3.98. The summed E-state index contributed by atoms with van der Waals surface area (Å²) >= 11 is 0. The number of carbonyl (C=O) groups is 2. The Balaban J connectivity index is 2.19. The monoisotopic (exact) mass is 351 g/mol. The molecule has 3 aromatic rings. The number of carboxylic acids is 2. The fourth-order valence-corrected chi connectivity index (χ4v) is 2.63. The molecular formula is C19H17N3O4. The molecule has 0 radical (unpaired) electrons. The van der Waals surface area contributed by atoms with Crippen molar-refractivity contribution in [3.8, 4) is 0 Å². The Bertz CT molecular complexity index is 1010. The predicted octanol–water partition coefficient (Wildman–Crippen LogP) is 3.44. The Morgan fingerprint density at radius 3 is 2.46 bits per heavy atom. The summed E-state index contributed by atoms with van der Waals surface area (Å²) in [6.45, 7) is 0. The fourth-order valence-electron chi connectivity index (χ4n) is 2.63. The largest absolute Gasteiger partial charge is 0.478 e. The molecule has 2 aromatic carbocycles. The van der Waals surface area contributed by atoms with Crippen molar-refractivity contribution >= 4 is 39.9 Å². The van der Waals surface area contributed by atoms with E-state index in [1.165, 1.54) is 18.3 Å². The second-order valence-electron chi connectivity index (χ2n) is 5.96. The molecule has 3 rings (SSSR count). The van der Waals surface area contributed by atoms with Crippen molar-refractivity contribution in [3.05, 3.63) is 59.8 Å². The zero-order valence-corrected chi connectivity index (χ0v) is 14.2. The minimum absolute atomic E-state index is 0.00846. The first kappa shape index (κ1) is 17.2. The van der Waals surface area contributed by atoms with Crippen LogP contribution in [0.5, 0.6) is 0 Å². The molecule has 0 aliphatic heterocycles. The number of aromatic carboxylic acids is 2. The van der Waals surface area contributed by atoms with E-state index in [0.29, 0.717) is 22.3 Å². The normalized spacial score (nSPS) is 10.5. The zero-order chi connectivity index (χ0) is 18.8. The number of aromatic nitrogens is 1. The van der Waals surface area contributed by atoms with Crippen molar-refractivity contribution in [1.29, 1.82) is 0 Å². The van der Waals surface area contributed by atoms with Gasteiger partial charge in [-0.2, -0.15) is 0 Å². The van der Waals surface area contributed by atoms with Gasteiger partial charge in [0.2, 0.25) is 0 Å². The van der Waals surface area contributed by atoms with E-state index in [9.17, 15) is 14.7 Å². The first-order chi connectivity index (χ1) is 12.4. The van der Waals surface area contributed by atoms with E-state index in [1.807, 2.05) is 37.2 Å². The highest BCUT2D eigenvalue weighted by atomic mass is 16.4. The summed E-state index contributed by atoms with van der Waals surface area (Å²) in [7, 11) is 3.78. The van der Waals surface area contributed by atoms with Crippen LogP contribution in [0, 0.1) is 0 Å². The van der Waals surface area contributed by atoms with Gasteiger partial charge in [-0.15, -0.1) is 0 Å². The van der Waals surface area contributed by atoms with Gasteiger partial charge in [0.05, 0.1) is 16.8 Å². The van der Waals surface area contributed by atoms with Crippen molar-refractivity contribution in [2.45, 2.75) is 0 Å². The molecule has 0 fully saturated rings. The molecule has 1 heterocycles. The summed E-state index contributed by atoms with van der Waals surface area (Å²) in [5, 5.41) is 22.4. The Hall–Kier alpha value is -3.61. The van der Waals surface area contributed by atoms with Crippen molar-refractivity contribution in [1.82, 2.24) is 4.98 Å². The van der Waals surface area contributed by atoms with Gasteiger partial charge < -0.3 is 20.4 Å². The number of hydrogen-bond donors (Lipinski definition) is 3. The number of fused-ring (bicyclic) bond motifs is 1. The molecular weight excluding hydrogens is 334 g/mol. The van der Waals surface area contributed by atoms with Crippen LogP contribution in [0.2, 0.25) is 0 Å². The maximum Gasteiger partial charge on any atom is 0.339 e.